The van der Waals surface area contributed by atoms with Crippen LogP contribution >= 0.6 is 0 Å². The number of carboxylic acid groups (broad SMARTS) is 1. The number of nitrogens with two attached hydrogens (primary N) is 1. The maximum Gasteiger partial charge on any atom is 0.307 e. The molecule has 0 rings (SSSR count). The molecule has 0 aliphatic carbocycles. The first kappa shape index (κ1) is 30.5. The van der Waals surface area contributed by atoms with Crippen LogP contribution in [0.2, 0.25) is 0 Å². The molecule has 0 aromatic heterocycles. The first-order chi connectivity index (χ1) is 12.7. The summed E-state index contributed by atoms with van der Waals surface area (Å²) in [6.45, 7) is 4.14. The third-order valence-electron chi connectivity index (χ3n) is 3.19. The molecule has 9 heteroatoms. The van der Waals surface area contributed by atoms with Gasteiger partial charge in [-0.05, 0) is 25.7 Å². The van der Waals surface area contributed by atoms with Gasteiger partial charge in [-0.3, -0.25) is 15.3 Å². The van der Waals surface area contributed by atoms with E-state index < -0.39 is 5.97 Å². The lowest BCUT2D eigenvalue weighted by atomic mass is 9.97. The molecule has 0 unspecified atom stereocenters. The van der Waals surface area contributed by atoms with Gasteiger partial charge in [0.25, 0.3) is 0 Å². The van der Waals surface area contributed by atoms with Crippen LogP contribution in [0.5, 0.6) is 0 Å². The summed E-state index contributed by atoms with van der Waals surface area (Å²) in [5.41, 5.74) is 4.64. The Balaban J connectivity index is -0.000000336. The van der Waals surface area contributed by atoms with Crippen molar-refractivity contribution in [1.29, 1.82) is 0 Å². The highest BCUT2D eigenvalue weighted by atomic mass is 16.5. The number of rotatable bonds is 13. The molecule has 0 heterocycles. The number of hydrogen-bond acceptors (Lipinski definition) is 8. The molecule has 0 saturated heterocycles. The Labute approximate surface area is 162 Å². The summed E-state index contributed by atoms with van der Waals surface area (Å²) in [6, 6.07) is 0. The SMILES string of the molecule is CC(C)(CO)CO.NCOC(=O)CCCCC(=O)O.OCCCCCCO. The summed E-state index contributed by atoms with van der Waals surface area (Å²) in [7, 11) is 0. The molecule has 0 aliphatic rings. The highest BCUT2D eigenvalue weighted by Gasteiger charge is 2.13. The molecule has 7 N–H and O–H groups in total. The number of carbonyl (C=O) groups is 2. The summed E-state index contributed by atoms with van der Waals surface area (Å²) in [5, 5.41) is 41.7. The number of ether oxygens (including phenoxy) is 1. The molecule has 0 aromatic rings. The fourth-order valence-corrected chi connectivity index (χ4v) is 1.34. The van der Waals surface area contributed by atoms with Gasteiger partial charge in [0.1, 0.15) is 6.73 Å². The maximum absolute atomic E-state index is 10.6. The summed E-state index contributed by atoms with van der Waals surface area (Å²) >= 11 is 0. The van der Waals surface area contributed by atoms with Gasteiger partial charge in [0, 0.05) is 31.5 Å². The van der Waals surface area contributed by atoms with E-state index >= 15 is 0 Å². The predicted octanol–water partition coefficient (Wildman–Crippen LogP) is 0.619. The van der Waals surface area contributed by atoms with E-state index in [-0.39, 0.29) is 57.4 Å². The van der Waals surface area contributed by atoms with Gasteiger partial charge in [0.05, 0.1) is 13.2 Å². The van der Waals surface area contributed by atoms with Crippen LogP contribution in [0.15, 0.2) is 0 Å². The van der Waals surface area contributed by atoms with E-state index in [0.717, 1.165) is 25.7 Å². The van der Waals surface area contributed by atoms with Crippen molar-refractivity contribution in [2.75, 3.05) is 33.2 Å². The number of aliphatic carboxylic acids is 1. The third kappa shape index (κ3) is 32.8. The van der Waals surface area contributed by atoms with E-state index in [9.17, 15) is 9.59 Å². The Morgan fingerprint density at radius 3 is 1.56 bits per heavy atom. The minimum atomic E-state index is -0.845. The van der Waals surface area contributed by atoms with Crippen LogP contribution in [-0.4, -0.2) is 70.6 Å². The summed E-state index contributed by atoms with van der Waals surface area (Å²) in [6.07, 6.45) is 5.19. The zero-order valence-corrected chi connectivity index (χ0v) is 16.7. The van der Waals surface area contributed by atoms with E-state index in [2.05, 4.69) is 4.74 Å². The second kappa shape index (κ2) is 22.8. The number of esters is 1. The Bertz CT molecular complexity index is 325. The molecule has 27 heavy (non-hydrogen) atoms. The molecular formula is C18H39NO8. The van der Waals surface area contributed by atoms with Gasteiger partial charge in [-0.1, -0.05) is 26.7 Å². The Kier molecular flexibility index (Phi) is 25.7. The molecule has 0 atom stereocenters. The van der Waals surface area contributed by atoms with Gasteiger partial charge in [0.15, 0.2) is 0 Å². The van der Waals surface area contributed by atoms with Crippen molar-refractivity contribution in [3.8, 4) is 0 Å². The van der Waals surface area contributed by atoms with Crippen molar-refractivity contribution in [3.05, 3.63) is 0 Å². The van der Waals surface area contributed by atoms with Crippen molar-refractivity contribution >= 4 is 11.9 Å². The number of unbranched alkanes of at least 4 members (excludes halogenated alkanes) is 4. The second-order valence-corrected chi connectivity index (χ2v) is 6.63. The highest BCUT2D eigenvalue weighted by Crippen LogP contribution is 2.10. The van der Waals surface area contributed by atoms with E-state index in [1.807, 2.05) is 0 Å². The molecule has 0 radical (unpaired) electrons. The first-order valence-electron chi connectivity index (χ1n) is 9.21. The topological polar surface area (TPSA) is 171 Å². The smallest absolute Gasteiger partial charge is 0.307 e. The van der Waals surface area contributed by atoms with Crippen LogP contribution in [0.1, 0.15) is 65.2 Å². The predicted molar refractivity (Wildman–Crippen MR) is 102 cm³/mol. The zero-order valence-electron chi connectivity index (χ0n) is 16.7. The van der Waals surface area contributed by atoms with Crippen LogP contribution in [0, 0.1) is 5.41 Å². The van der Waals surface area contributed by atoms with Crippen molar-refractivity contribution in [2.45, 2.75) is 65.2 Å². The van der Waals surface area contributed by atoms with Gasteiger partial charge in [0.2, 0.25) is 0 Å². The standard InChI is InChI=1S/C7H13NO4.C6H14O2.C5H12O2/c8-5-12-7(11)4-2-1-3-6(9)10;7-5-3-1-2-4-6-8;1-5(2,3-6)4-7/h1-5,8H2,(H,9,10);7-8H,1-6H2;6-7H,3-4H2,1-2H3. The van der Waals surface area contributed by atoms with Crippen LogP contribution in [0.3, 0.4) is 0 Å². The van der Waals surface area contributed by atoms with Crippen LogP contribution in [0.4, 0.5) is 0 Å². The summed E-state index contributed by atoms with van der Waals surface area (Å²) < 4.78 is 4.44. The van der Waals surface area contributed by atoms with E-state index in [4.69, 9.17) is 31.3 Å². The quantitative estimate of drug-likeness (QED) is 0.148. The Hall–Kier alpha value is -1.26. The highest BCUT2D eigenvalue weighted by molar-refractivity contribution is 5.69. The molecule has 9 nitrogen and oxygen atoms in total. The Morgan fingerprint density at radius 2 is 1.26 bits per heavy atom. The minimum Gasteiger partial charge on any atom is -0.481 e. The molecule has 0 bridgehead atoms. The third-order valence-corrected chi connectivity index (χ3v) is 3.19. The van der Waals surface area contributed by atoms with Crippen molar-refractivity contribution in [1.82, 2.24) is 0 Å². The molecule has 0 amide bonds. The van der Waals surface area contributed by atoms with Crippen molar-refractivity contribution < 1.29 is 39.9 Å². The molecule has 0 aromatic carbocycles. The number of carboxylic acids is 1. The molecular weight excluding hydrogens is 358 g/mol. The van der Waals surface area contributed by atoms with Crippen LogP contribution in [0.25, 0.3) is 0 Å². The second-order valence-electron chi connectivity index (χ2n) is 6.63. The molecule has 0 fully saturated rings. The first-order valence-corrected chi connectivity index (χ1v) is 9.21. The number of carbonyl (C=O) groups excluding carboxylic acids is 1. The van der Waals surface area contributed by atoms with Crippen LogP contribution < -0.4 is 5.73 Å². The maximum atomic E-state index is 10.6. The molecule has 0 aliphatic heterocycles. The lowest BCUT2D eigenvalue weighted by Crippen LogP contribution is -2.20. The average molecular weight is 398 g/mol. The molecule has 164 valence electrons. The summed E-state index contributed by atoms with van der Waals surface area (Å²) in [5.74, 6) is -1.22. The zero-order chi connectivity index (χ0) is 21.6. The summed E-state index contributed by atoms with van der Waals surface area (Å²) in [4.78, 5) is 20.7. The van der Waals surface area contributed by atoms with Gasteiger partial charge < -0.3 is 30.3 Å². The number of hydrogen-bond donors (Lipinski definition) is 6. The average Bonchev–Trinajstić information content (AvgIpc) is 2.64. The fourth-order valence-electron chi connectivity index (χ4n) is 1.34. The lowest BCUT2D eigenvalue weighted by Gasteiger charge is -2.16. The van der Waals surface area contributed by atoms with Gasteiger partial charge in [-0.25, -0.2) is 0 Å². The normalized spacial score (nSPS) is 10.2. The molecule has 0 saturated carbocycles. The van der Waals surface area contributed by atoms with Crippen LogP contribution in [-0.2, 0) is 14.3 Å². The van der Waals surface area contributed by atoms with E-state index in [1.165, 1.54) is 0 Å². The van der Waals surface area contributed by atoms with Gasteiger partial charge >= 0.3 is 11.9 Å². The van der Waals surface area contributed by atoms with Crippen molar-refractivity contribution in [2.24, 2.45) is 11.1 Å². The lowest BCUT2D eigenvalue weighted by molar-refractivity contribution is -0.144. The van der Waals surface area contributed by atoms with Gasteiger partial charge in [-0.2, -0.15) is 0 Å². The largest absolute Gasteiger partial charge is 0.481 e. The number of aliphatic hydroxyl groups is 4. The molecule has 0 spiro atoms. The minimum absolute atomic E-state index is 0.0451. The van der Waals surface area contributed by atoms with E-state index in [1.54, 1.807) is 13.8 Å². The number of aliphatic hydroxyl groups excluding tert-OH is 4. The fraction of sp³-hybridized carbons (Fsp3) is 0.889. The van der Waals surface area contributed by atoms with Gasteiger partial charge in [-0.15, -0.1) is 0 Å². The van der Waals surface area contributed by atoms with Crippen molar-refractivity contribution in [3.63, 3.8) is 0 Å². The van der Waals surface area contributed by atoms with E-state index in [0.29, 0.717) is 12.8 Å². The Morgan fingerprint density at radius 1 is 0.815 bits per heavy atom. The monoisotopic (exact) mass is 397 g/mol.